The molecule has 3 N–H and O–H groups in total. The Balaban J connectivity index is 2.05. The minimum Gasteiger partial charge on any atom is -0.367 e. The fourth-order valence-electron chi connectivity index (χ4n) is 2.22. The highest BCUT2D eigenvalue weighted by Crippen LogP contribution is 2.13. The van der Waals surface area contributed by atoms with Crippen LogP contribution in [0.2, 0.25) is 0 Å². The molecule has 1 aliphatic rings. The highest BCUT2D eigenvalue weighted by molar-refractivity contribution is 5.98. The molecule has 104 valence electrons. The quantitative estimate of drug-likeness (QED) is 0.767. The van der Waals surface area contributed by atoms with Gasteiger partial charge in [-0.2, -0.15) is 0 Å². The highest BCUT2D eigenvalue weighted by atomic mass is 16.1. The second kappa shape index (κ2) is 6.52. The van der Waals surface area contributed by atoms with Crippen molar-refractivity contribution in [2.24, 2.45) is 0 Å². The lowest BCUT2D eigenvalue weighted by Crippen LogP contribution is -2.45. The van der Waals surface area contributed by atoms with Gasteiger partial charge in [-0.05, 0) is 45.4 Å². The Labute approximate surface area is 114 Å². The molecule has 1 unspecified atom stereocenters. The van der Waals surface area contributed by atoms with Gasteiger partial charge in [0.25, 0.3) is 5.91 Å². The van der Waals surface area contributed by atoms with E-state index in [1.165, 1.54) is 0 Å². The van der Waals surface area contributed by atoms with Gasteiger partial charge in [-0.3, -0.25) is 4.79 Å². The largest absolute Gasteiger partial charge is 0.367 e. The van der Waals surface area contributed by atoms with E-state index in [2.05, 4.69) is 20.9 Å². The third-order valence-electron chi connectivity index (χ3n) is 3.11. The number of rotatable bonds is 4. The Hall–Kier alpha value is -1.62. The predicted octanol–water partition coefficient (Wildman–Crippen LogP) is 1.38. The van der Waals surface area contributed by atoms with Gasteiger partial charge in [0.15, 0.2) is 0 Å². The van der Waals surface area contributed by atoms with Gasteiger partial charge in [-0.25, -0.2) is 4.98 Å². The van der Waals surface area contributed by atoms with Crippen molar-refractivity contribution in [3.63, 3.8) is 0 Å². The fourth-order valence-corrected chi connectivity index (χ4v) is 2.22. The Morgan fingerprint density at radius 3 is 3.05 bits per heavy atom. The molecular formula is C14H22N4O. The first-order valence-electron chi connectivity index (χ1n) is 6.90. The highest BCUT2D eigenvalue weighted by Gasteiger charge is 2.18. The molecule has 1 atom stereocenters. The molecule has 0 spiro atoms. The Kier molecular flexibility index (Phi) is 4.74. The lowest BCUT2D eigenvalue weighted by atomic mass is 10.1. The zero-order valence-corrected chi connectivity index (χ0v) is 11.6. The SMILES string of the molecule is CC(C)Nc1ncccc1C(=O)NC1CCCNC1. The second-order valence-electron chi connectivity index (χ2n) is 5.22. The second-order valence-corrected chi connectivity index (χ2v) is 5.22. The van der Waals surface area contributed by atoms with E-state index in [9.17, 15) is 4.79 Å². The smallest absolute Gasteiger partial charge is 0.255 e. The maximum atomic E-state index is 12.3. The van der Waals surface area contributed by atoms with Crippen molar-refractivity contribution in [2.45, 2.75) is 38.8 Å². The van der Waals surface area contributed by atoms with Gasteiger partial charge in [-0.15, -0.1) is 0 Å². The molecule has 19 heavy (non-hydrogen) atoms. The van der Waals surface area contributed by atoms with Gasteiger partial charge in [0, 0.05) is 24.8 Å². The van der Waals surface area contributed by atoms with Crippen LogP contribution in [0.1, 0.15) is 37.0 Å². The van der Waals surface area contributed by atoms with Crippen LogP contribution in [-0.4, -0.2) is 36.1 Å². The average molecular weight is 262 g/mol. The minimum absolute atomic E-state index is 0.0510. The van der Waals surface area contributed by atoms with Crippen molar-refractivity contribution in [1.29, 1.82) is 0 Å². The normalized spacial score (nSPS) is 19.2. The number of carbonyl (C=O) groups is 1. The predicted molar refractivity (Wildman–Crippen MR) is 76.4 cm³/mol. The number of anilines is 1. The van der Waals surface area contributed by atoms with Crippen LogP contribution in [0.25, 0.3) is 0 Å². The molecular weight excluding hydrogens is 240 g/mol. The topological polar surface area (TPSA) is 66.0 Å². The first-order valence-corrected chi connectivity index (χ1v) is 6.90. The van der Waals surface area contributed by atoms with Gasteiger partial charge in [0.2, 0.25) is 0 Å². The lowest BCUT2D eigenvalue weighted by Gasteiger charge is -2.24. The average Bonchev–Trinajstić information content (AvgIpc) is 2.39. The molecule has 1 aromatic rings. The molecule has 0 bridgehead atoms. The standard InChI is InChI=1S/C14H22N4O/c1-10(2)17-13-12(6-4-8-16-13)14(19)18-11-5-3-7-15-9-11/h4,6,8,10-11,15H,3,5,7,9H2,1-2H3,(H,16,17)(H,18,19). The summed E-state index contributed by atoms with van der Waals surface area (Å²) >= 11 is 0. The first-order chi connectivity index (χ1) is 9.16. The minimum atomic E-state index is -0.0510. The van der Waals surface area contributed by atoms with E-state index in [1.807, 2.05) is 19.9 Å². The number of piperidine rings is 1. The van der Waals surface area contributed by atoms with E-state index in [4.69, 9.17) is 0 Å². The Morgan fingerprint density at radius 1 is 1.53 bits per heavy atom. The number of pyridine rings is 1. The lowest BCUT2D eigenvalue weighted by molar-refractivity contribution is 0.0931. The van der Waals surface area contributed by atoms with Crippen molar-refractivity contribution < 1.29 is 4.79 Å². The maximum Gasteiger partial charge on any atom is 0.255 e. The summed E-state index contributed by atoms with van der Waals surface area (Å²) in [4.78, 5) is 16.5. The van der Waals surface area contributed by atoms with Crippen LogP contribution in [0.15, 0.2) is 18.3 Å². The van der Waals surface area contributed by atoms with Gasteiger partial charge < -0.3 is 16.0 Å². The number of nitrogens with one attached hydrogen (secondary N) is 3. The third kappa shape index (κ3) is 3.92. The first kappa shape index (κ1) is 13.8. The molecule has 1 saturated heterocycles. The molecule has 0 saturated carbocycles. The molecule has 5 nitrogen and oxygen atoms in total. The molecule has 1 aromatic heterocycles. The zero-order chi connectivity index (χ0) is 13.7. The molecule has 0 aromatic carbocycles. The Morgan fingerprint density at radius 2 is 2.37 bits per heavy atom. The molecule has 1 aliphatic heterocycles. The van der Waals surface area contributed by atoms with Crippen LogP contribution in [0.5, 0.6) is 0 Å². The van der Waals surface area contributed by atoms with E-state index >= 15 is 0 Å². The van der Waals surface area contributed by atoms with Gasteiger partial charge in [0.1, 0.15) is 5.82 Å². The molecule has 1 fully saturated rings. The van der Waals surface area contributed by atoms with Crippen molar-refractivity contribution in [3.05, 3.63) is 23.9 Å². The van der Waals surface area contributed by atoms with Crippen molar-refractivity contribution in [2.75, 3.05) is 18.4 Å². The summed E-state index contributed by atoms with van der Waals surface area (Å²) in [5.74, 6) is 0.601. The van der Waals surface area contributed by atoms with E-state index < -0.39 is 0 Å². The fraction of sp³-hybridized carbons (Fsp3) is 0.571. The van der Waals surface area contributed by atoms with E-state index in [0.717, 1.165) is 25.9 Å². The number of aromatic nitrogens is 1. The van der Waals surface area contributed by atoms with Crippen LogP contribution >= 0.6 is 0 Å². The third-order valence-corrected chi connectivity index (χ3v) is 3.11. The maximum absolute atomic E-state index is 12.3. The number of nitrogens with zero attached hydrogens (tertiary/aromatic N) is 1. The summed E-state index contributed by atoms with van der Waals surface area (Å²) in [6.45, 7) is 5.95. The number of hydrogen-bond donors (Lipinski definition) is 3. The molecule has 0 radical (unpaired) electrons. The van der Waals surface area contributed by atoms with Gasteiger partial charge in [-0.1, -0.05) is 0 Å². The summed E-state index contributed by atoms with van der Waals surface area (Å²) in [5.41, 5.74) is 0.613. The summed E-state index contributed by atoms with van der Waals surface area (Å²) in [7, 11) is 0. The molecule has 2 heterocycles. The van der Waals surface area contributed by atoms with Crippen LogP contribution in [0, 0.1) is 0 Å². The summed E-state index contributed by atoms with van der Waals surface area (Å²) in [5, 5.41) is 9.56. The number of hydrogen-bond acceptors (Lipinski definition) is 4. The van der Waals surface area contributed by atoms with Crippen LogP contribution in [0.3, 0.4) is 0 Å². The van der Waals surface area contributed by atoms with Crippen molar-refractivity contribution >= 4 is 11.7 Å². The molecule has 1 amide bonds. The van der Waals surface area contributed by atoms with Crippen molar-refractivity contribution in [1.82, 2.24) is 15.6 Å². The zero-order valence-electron chi connectivity index (χ0n) is 11.6. The molecule has 5 heteroatoms. The van der Waals surface area contributed by atoms with Crippen LogP contribution in [0.4, 0.5) is 5.82 Å². The van der Waals surface area contributed by atoms with E-state index in [0.29, 0.717) is 11.4 Å². The summed E-state index contributed by atoms with van der Waals surface area (Å²) in [6.07, 6.45) is 3.84. The van der Waals surface area contributed by atoms with E-state index in [1.54, 1.807) is 12.3 Å². The molecule has 0 aliphatic carbocycles. The summed E-state index contributed by atoms with van der Waals surface area (Å²) in [6, 6.07) is 4.06. The van der Waals surface area contributed by atoms with Gasteiger partial charge >= 0.3 is 0 Å². The van der Waals surface area contributed by atoms with Crippen molar-refractivity contribution in [3.8, 4) is 0 Å². The van der Waals surface area contributed by atoms with Crippen LogP contribution < -0.4 is 16.0 Å². The summed E-state index contributed by atoms with van der Waals surface area (Å²) < 4.78 is 0. The number of carbonyl (C=O) groups excluding carboxylic acids is 1. The number of amides is 1. The van der Waals surface area contributed by atoms with Crippen LogP contribution in [-0.2, 0) is 0 Å². The molecule has 2 rings (SSSR count). The Bertz CT molecular complexity index is 427. The van der Waals surface area contributed by atoms with Gasteiger partial charge in [0.05, 0.1) is 5.56 Å². The monoisotopic (exact) mass is 262 g/mol. The van der Waals surface area contributed by atoms with E-state index in [-0.39, 0.29) is 18.0 Å².